The van der Waals surface area contributed by atoms with E-state index in [0.717, 1.165) is 31.5 Å². The van der Waals surface area contributed by atoms with E-state index in [1.807, 2.05) is 12.1 Å². The maximum absolute atomic E-state index is 9.50. The molecule has 98 valence electrons. The minimum Gasteiger partial charge on any atom is -0.306 e. The lowest BCUT2D eigenvalue weighted by atomic mass is 9.74. The van der Waals surface area contributed by atoms with E-state index in [0.29, 0.717) is 10.0 Å². The van der Waals surface area contributed by atoms with Crippen molar-refractivity contribution in [2.75, 3.05) is 20.1 Å². The van der Waals surface area contributed by atoms with E-state index in [2.05, 4.69) is 18.0 Å². The number of hydrogen-bond donors (Lipinski definition) is 0. The lowest BCUT2D eigenvalue weighted by Gasteiger charge is -2.35. The van der Waals surface area contributed by atoms with Crippen LogP contribution in [0, 0.1) is 11.3 Å². The Morgan fingerprint density at radius 3 is 2.33 bits per heavy atom. The predicted octanol–water partition coefficient (Wildman–Crippen LogP) is 3.90. The van der Waals surface area contributed by atoms with Crippen molar-refractivity contribution < 1.29 is 0 Å². The first-order valence-corrected chi connectivity index (χ1v) is 6.38. The Morgan fingerprint density at radius 1 is 1.22 bits per heavy atom. The highest BCUT2D eigenvalue weighted by molar-refractivity contribution is 6.42. The van der Waals surface area contributed by atoms with Gasteiger partial charge in [-0.1, -0.05) is 29.3 Å². The minimum absolute atomic E-state index is 0. The minimum atomic E-state index is -0.402. The van der Waals surface area contributed by atoms with E-state index < -0.39 is 5.41 Å². The zero-order valence-corrected chi connectivity index (χ0v) is 12.4. The molecule has 18 heavy (non-hydrogen) atoms. The molecule has 0 saturated carbocycles. The summed E-state index contributed by atoms with van der Waals surface area (Å²) < 4.78 is 0. The second-order valence-corrected chi connectivity index (χ2v) is 5.44. The zero-order chi connectivity index (χ0) is 12.5. The summed E-state index contributed by atoms with van der Waals surface area (Å²) in [5, 5.41) is 10.6. The van der Waals surface area contributed by atoms with Gasteiger partial charge in [0.15, 0.2) is 0 Å². The van der Waals surface area contributed by atoms with E-state index in [4.69, 9.17) is 23.2 Å². The van der Waals surface area contributed by atoms with Crippen LogP contribution < -0.4 is 0 Å². The van der Waals surface area contributed by atoms with Gasteiger partial charge in [0.05, 0.1) is 21.5 Å². The van der Waals surface area contributed by atoms with Crippen molar-refractivity contribution >= 4 is 35.6 Å². The van der Waals surface area contributed by atoms with Crippen molar-refractivity contribution in [3.05, 3.63) is 33.8 Å². The normalized spacial score (nSPS) is 18.8. The van der Waals surface area contributed by atoms with Gasteiger partial charge in [0, 0.05) is 0 Å². The number of hydrogen-bond acceptors (Lipinski definition) is 2. The van der Waals surface area contributed by atoms with Crippen LogP contribution >= 0.6 is 35.6 Å². The molecular weight excluding hydrogens is 291 g/mol. The van der Waals surface area contributed by atoms with E-state index >= 15 is 0 Å². The first-order valence-electron chi connectivity index (χ1n) is 5.63. The van der Waals surface area contributed by atoms with Crippen LogP contribution in [0.1, 0.15) is 18.4 Å². The second kappa shape index (κ2) is 6.12. The topological polar surface area (TPSA) is 27.0 Å². The highest BCUT2D eigenvalue weighted by Crippen LogP contribution is 2.37. The Hall–Kier alpha value is -0.460. The molecule has 1 aliphatic rings. The Kier molecular flexibility index (Phi) is 5.31. The van der Waals surface area contributed by atoms with Crippen LogP contribution in [0.25, 0.3) is 0 Å². The van der Waals surface area contributed by atoms with Crippen LogP contribution in [0.15, 0.2) is 18.2 Å². The lowest BCUT2D eigenvalue weighted by Crippen LogP contribution is -2.39. The SMILES string of the molecule is CN1CCC(C#N)(c2ccc(Cl)c(Cl)c2)CC1.Cl. The average molecular weight is 306 g/mol. The van der Waals surface area contributed by atoms with E-state index in [1.165, 1.54) is 0 Å². The number of benzene rings is 1. The summed E-state index contributed by atoms with van der Waals surface area (Å²) >= 11 is 11.9. The third kappa shape index (κ3) is 2.92. The first-order chi connectivity index (χ1) is 8.07. The Balaban J connectivity index is 0.00000162. The third-order valence-electron chi connectivity index (χ3n) is 3.53. The molecule has 0 aromatic heterocycles. The van der Waals surface area contributed by atoms with Crippen molar-refractivity contribution in [1.82, 2.24) is 4.90 Å². The molecule has 1 fully saturated rings. The van der Waals surface area contributed by atoms with Gasteiger partial charge in [-0.2, -0.15) is 5.26 Å². The van der Waals surface area contributed by atoms with E-state index in [-0.39, 0.29) is 12.4 Å². The summed E-state index contributed by atoms with van der Waals surface area (Å²) in [5.41, 5.74) is 0.586. The lowest BCUT2D eigenvalue weighted by molar-refractivity contribution is 0.222. The van der Waals surface area contributed by atoms with Crippen LogP contribution in [-0.2, 0) is 5.41 Å². The molecule has 1 aromatic rings. The van der Waals surface area contributed by atoms with Gasteiger partial charge in [-0.3, -0.25) is 0 Å². The zero-order valence-electron chi connectivity index (χ0n) is 10.1. The van der Waals surface area contributed by atoms with Gasteiger partial charge in [-0.15, -0.1) is 12.4 Å². The van der Waals surface area contributed by atoms with Gasteiger partial charge >= 0.3 is 0 Å². The van der Waals surface area contributed by atoms with Gasteiger partial charge in [-0.05, 0) is 50.7 Å². The molecule has 1 aromatic carbocycles. The Morgan fingerprint density at radius 2 is 1.83 bits per heavy atom. The summed E-state index contributed by atoms with van der Waals surface area (Å²) in [6, 6.07) is 8.00. The van der Waals surface area contributed by atoms with Gasteiger partial charge < -0.3 is 4.90 Å². The first kappa shape index (κ1) is 15.6. The highest BCUT2D eigenvalue weighted by atomic mass is 35.5. The average Bonchev–Trinajstić information content (AvgIpc) is 2.34. The van der Waals surface area contributed by atoms with Crippen LogP contribution in [0.3, 0.4) is 0 Å². The molecule has 0 atom stereocenters. The molecule has 0 radical (unpaired) electrons. The Labute approximate surface area is 124 Å². The van der Waals surface area contributed by atoms with Crippen molar-refractivity contribution in [2.24, 2.45) is 0 Å². The summed E-state index contributed by atoms with van der Waals surface area (Å²) in [7, 11) is 2.08. The number of likely N-dealkylation sites (tertiary alicyclic amines) is 1. The number of rotatable bonds is 1. The van der Waals surface area contributed by atoms with Gasteiger partial charge in [0.1, 0.15) is 0 Å². The van der Waals surface area contributed by atoms with Crippen LogP contribution in [-0.4, -0.2) is 25.0 Å². The molecule has 0 amide bonds. The molecule has 5 heteroatoms. The molecule has 0 spiro atoms. The fraction of sp³-hybridized carbons (Fsp3) is 0.462. The number of halogens is 3. The molecule has 1 aliphatic heterocycles. The quantitative estimate of drug-likeness (QED) is 0.787. The summed E-state index contributed by atoms with van der Waals surface area (Å²) in [6.07, 6.45) is 1.69. The number of nitriles is 1. The molecule has 1 saturated heterocycles. The van der Waals surface area contributed by atoms with E-state index in [1.54, 1.807) is 6.07 Å². The maximum Gasteiger partial charge on any atom is 0.0847 e. The molecule has 0 bridgehead atoms. The van der Waals surface area contributed by atoms with Gasteiger partial charge in [-0.25, -0.2) is 0 Å². The molecular formula is C13H15Cl3N2. The van der Waals surface area contributed by atoms with Crippen LogP contribution in [0.4, 0.5) is 0 Å². The monoisotopic (exact) mass is 304 g/mol. The third-order valence-corrected chi connectivity index (χ3v) is 4.27. The van der Waals surface area contributed by atoms with Crippen LogP contribution in [0.2, 0.25) is 10.0 Å². The fourth-order valence-electron chi connectivity index (χ4n) is 2.26. The molecule has 1 heterocycles. The summed E-state index contributed by atoms with van der Waals surface area (Å²) in [6.45, 7) is 1.88. The molecule has 0 unspecified atom stereocenters. The van der Waals surface area contributed by atoms with Gasteiger partial charge in [0.2, 0.25) is 0 Å². The molecule has 2 nitrogen and oxygen atoms in total. The van der Waals surface area contributed by atoms with Crippen molar-refractivity contribution in [3.63, 3.8) is 0 Å². The molecule has 0 aliphatic carbocycles. The fourth-order valence-corrected chi connectivity index (χ4v) is 2.56. The molecule has 2 rings (SSSR count). The summed E-state index contributed by atoms with van der Waals surface area (Å²) in [5.74, 6) is 0. The van der Waals surface area contributed by atoms with E-state index in [9.17, 15) is 5.26 Å². The van der Waals surface area contributed by atoms with Gasteiger partial charge in [0.25, 0.3) is 0 Å². The van der Waals surface area contributed by atoms with Crippen molar-refractivity contribution in [2.45, 2.75) is 18.3 Å². The Bertz CT molecular complexity index is 460. The van der Waals surface area contributed by atoms with Crippen LogP contribution in [0.5, 0.6) is 0 Å². The smallest absolute Gasteiger partial charge is 0.0847 e. The maximum atomic E-state index is 9.50. The molecule has 0 N–H and O–H groups in total. The largest absolute Gasteiger partial charge is 0.306 e. The van der Waals surface area contributed by atoms with Crippen molar-refractivity contribution in [3.8, 4) is 6.07 Å². The second-order valence-electron chi connectivity index (χ2n) is 4.63. The standard InChI is InChI=1S/C13H14Cl2N2.ClH/c1-17-6-4-13(9-16,5-7-17)10-2-3-11(14)12(15)8-10;/h2-3,8H,4-7H2,1H3;1H. The predicted molar refractivity (Wildman–Crippen MR) is 77.7 cm³/mol. The number of nitrogens with zero attached hydrogens (tertiary/aromatic N) is 2. The summed E-state index contributed by atoms with van der Waals surface area (Å²) in [4.78, 5) is 2.24. The highest BCUT2D eigenvalue weighted by Gasteiger charge is 2.35. The van der Waals surface area contributed by atoms with Crippen molar-refractivity contribution in [1.29, 1.82) is 5.26 Å². The number of piperidine rings is 1.